The van der Waals surface area contributed by atoms with E-state index in [9.17, 15) is 9.59 Å². The molecule has 26 heavy (non-hydrogen) atoms. The Bertz CT molecular complexity index is 845. The zero-order valence-electron chi connectivity index (χ0n) is 14.8. The van der Waals surface area contributed by atoms with Gasteiger partial charge in [-0.05, 0) is 18.1 Å². The molecule has 1 aromatic carbocycles. The van der Waals surface area contributed by atoms with Crippen molar-refractivity contribution >= 4 is 23.3 Å². The van der Waals surface area contributed by atoms with E-state index in [1.165, 1.54) is 11.9 Å². The topological polar surface area (TPSA) is 69.6 Å². The maximum absolute atomic E-state index is 12.8. The van der Waals surface area contributed by atoms with Gasteiger partial charge in [-0.2, -0.15) is 0 Å². The van der Waals surface area contributed by atoms with E-state index in [0.29, 0.717) is 31.9 Å². The van der Waals surface area contributed by atoms with Crippen LogP contribution in [0.5, 0.6) is 0 Å². The lowest BCUT2D eigenvalue weighted by Gasteiger charge is -2.34. The molecule has 0 bridgehead atoms. The summed E-state index contributed by atoms with van der Waals surface area (Å²) in [6, 6.07) is 10.0. The number of aromatic nitrogens is 2. The average molecular weight is 351 g/mol. The lowest BCUT2D eigenvalue weighted by atomic mass is 10.2. The van der Waals surface area contributed by atoms with Gasteiger partial charge in [0.1, 0.15) is 17.8 Å². The van der Waals surface area contributed by atoms with E-state index in [1.54, 1.807) is 22.8 Å². The van der Waals surface area contributed by atoms with Crippen LogP contribution in [0.2, 0.25) is 0 Å². The summed E-state index contributed by atoms with van der Waals surface area (Å²) in [5, 5.41) is 0. The van der Waals surface area contributed by atoms with Crippen molar-refractivity contribution in [1.29, 1.82) is 0 Å². The molecule has 0 unspecified atom stereocenters. The summed E-state index contributed by atoms with van der Waals surface area (Å²) < 4.78 is 0. The number of hydrogen-bond donors (Lipinski definition) is 0. The van der Waals surface area contributed by atoms with Crippen molar-refractivity contribution in [3.05, 3.63) is 47.9 Å². The van der Waals surface area contributed by atoms with Crippen LogP contribution in [-0.4, -0.2) is 64.3 Å². The van der Waals surface area contributed by atoms with Crippen molar-refractivity contribution in [2.75, 3.05) is 37.6 Å². The van der Waals surface area contributed by atoms with Crippen molar-refractivity contribution in [1.82, 2.24) is 19.8 Å². The van der Waals surface area contributed by atoms with Crippen LogP contribution < -0.4 is 4.90 Å². The van der Waals surface area contributed by atoms with Crippen molar-refractivity contribution in [2.24, 2.45) is 0 Å². The van der Waals surface area contributed by atoms with Crippen LogP contribution in [0.4, 0.5) is 11.5 Å². The molecule has 1 fully saturated rings. The predicted octanol–water partition coefficient (Wildman–Crippen LogP) is 1.48. The molecule has 2 aliphatic heterocycles. The molecule has 2 aliphatic rings. The van der Waals surface area contributed by atoms with Crippen LogP contribution in [0.3, 0.4) is 0 Å². The molecule has 0 aliphatic carbocycles. The third-order valence-corrected chi connectivity index (χ3v) is 5.05. The Kier molecular flexibility index (Phi) is 4.28. The second-order valence-electron chi connectivity index (χ2n) is 6.59. The predicted molar refractivity (Wildman–Crippen MR) is 97.3 cm³/mol. The average Bonchev–Trinajstić information content (AvgIpc) is 3.12. The summed E-state index contributed by atoms with van der Waals surface area (Å²) >= 11 is 0. The van der Waals surface area contributed by atoms with Gasteiger partial charge < -0.3 is 14.7 Å². The Hall–Kier alpha value is -2.96. The summed E-state index contributed by atoms with van der Waals surface area (Å²) in [6.45, 7) is 4.61. The van der Waals surface area contributed by atoms with E-state index in [1.807, 2.05) is 12.1 Å². The van der Waals surface area contributed by atoms with Crippen LogP contribution >= 0.6 is 0 Å². The molecule has 1 saturated heterocycles. The highest BCUT2D eigenvalue weighted by Gasteiger charge is 2.26. The second-order valence-corrected chi connectivity index (χ2v) is 6.59. The van der Waals surface area contributed by atoms with Crippen LogP contribution in [0.25, 0.3) is 0 Å². The molecule has 3 heterocycles. The zero-order chi connectivity index (χ0) is 18.1. The molecular weight excluding hydrogens is 330 g/mol. The SMILES string of the molecule is CC(=O)N1CCN(C(=O)c2cc(N3CCc4ccccc43)ncn2)CC1. The lowest BCUT2D eigenvalue weighted by molar-refractivity contribution is -0.130. The van der Waals surface area contributed by atoms with Gasteiger partial charge in [0.05, 0.1) is 0 Å². The number of anilines is 2. The van der Waals surface area contributed by atoms with Crippen molar-refractivity contribution in [2.45, 2.75) is 13.3 Å². The van der Waals surface area contributed by atoms with Gasteiger partial charge in [0.15, 0.2) is 0 Å². The fourth-order valence-electron chi connectivity index (χ4n) is 3.57. The minimum absolute atomic E-state index is 0.0501. The largest absolute Gasteiger partial charge is 0.339 e. The number of para-hydroxylation sites is 1. The van der Waals surface area contributed by atoms with Gasteiger partial charge in [0, 0.05) is 51.4 Å². The fourth-order valence-corrected chi connectivity index (χ4v) is 3.57. The van der Waals surface area contributed by atoms with Gasteiger partial charge in [0.25, 0.3) is 5.91 Å². The van der Waals surface area contributed by atoms with Crippen molar-refractivity contribution in [3.8, 4) is 0 Å². The molecule has 4 rings (SSSR count). The Balaban J connectivity index is 1.52. The number of piperazine rings is 1. The number of carbonyl (C=O) groups is 2. The first-order chi connectivity index (χ1) is 12.6. The molecule has 0 N–H and O–H groups in total. The van der Waals surface area contributed by atoms with Crippen LogP contribution in [-0.2, 0) is 11.2 Å². The third kappa shape index (κ3) is 3.00. The fraction of sp³-hybridized carbons (Fsp3) is 0.368. The number of rotatable bonds is 2. The maximum atomic E-state index is 12.8. The zero-order valence-corrected chi connectivity index (χ0v) is 14.8. The molecule has 7 heteroatoms. The molecule has 2 amide bonds. The monoisotopic (exact) mass is 351 g/mol. The first-order valence-corrected chi connectivity index (χ1v) is 8.86. The van der Waals surface area contributed by atoms with Crippen LogP contribution in [0, 0.1) is 0 Å². The number of amides is 2. The van der Waals surface area contributed by atoms with Gasteiger partial charge in [-0.25, -0.2) is 9.97 Å². The van der Waals surface area contributed by atoms with Crippen LogP contribution in [0.1, 0.15) is 23.0 Å². The van der Waals surface area contributed by atoms with Gasteiger partial charge in [-0.15, -0.1) is 0 Å². The van der Waals surface area contributed by atoms with E-state index >= 15 is 0 Å². The Morgan fingerprint density at radius 1 is 0.962 bits per heavy atom. The summed E-state index contributed by atoms with van der Waals surface area (Å²) in [5.74, 6) is 0.689. The Labute approximate surface area is 152 Å². The summed E-state index contributed by atoms with van der Waals surface area (Å²) in [5.41, 5.74) is 2.83. The molecule has 0 saturated carbocycles. The van der Waals surface area contributed by atoms with Gasteiger partial charge >= 0.3 is 0 Å². The number of carbonyl (C=O) groups excluding carboxylic acids is 2. The number of fused-ring (bicyclic) bond motifs is 1. The first kappa shape index (κ1) is 16.5. The third-order valence-electron chi connectivity index (χ3n) is 5.05. The molecule has 2 aromatic rings. The lowest BCUT2D eigenvalue weighted by Crippen LogP contribution is -2.50. The number of benzene rings is 1. The van der Waals surface area contributed by atoms with E-state index in [-0.39, 0.29) is 11.8 Å². The molecule has 0 atom stereocenters. The molecule has 7 nitrogen and oxygen atoms in total. The van der Waals surface area contributed by atoms with Gasteiger partial charge in [0.2, 0.25) is 5.91 Å². The highest BCUT2D eigenvalue weighted by atomic mass is 16.2. The molecule has 1 aromatic heterocycles. The number of hydrogen-bond acceptors (Lipinski definition) is 5. The van der Waals surface area contributed by atoms with Gasteiger partial charge in [-0.1, -0.05) is 18.2 Å². The van der Waals surface area contributed by atoms with Crippen LogP contribution in [0.15, 0.2) is 36.7 Å². The second kappa shape index (κ2) is 6.74. The van der Waals surface area contributed by atoms with Crippen molar-refractivity contribution < 1.29 is 9.59 Å². The minimum Gasteiger partial charge on any atom is -0.339 e. The maximum Gasteiger partial charge on any atom is 0.272 e. The van der Waals surface area contributed by atoms with E-state index < -0.39 is 0 Å². The van der Waals surface area contributed by atoms with E-state index in [4.69, 9.17) is 0 Å². The minimum atomic E-state index is -0.107. The quantitative estimate of drug-likeness (QED) is 0.820. The van der Waals surface area contributed by atoms with Gasteiger partial charge in [-0.3, -0.25) is 9.59 Å². The Morgan fingerprint density at radius 3 is 2.46 bits per heavy atom. The molecule has 134 valence electrons. The smallest absolute Gasteiger partial charge is 0.272 e. The highest BCUT2D eigenvalue weighted by molar-refractivity contribution is 5.93. The Morgan fingerprint density at radius 2 is 1.69 bits per heavy atom. The molecule has 0 radical (unpaired) electrons. The van der Waals surface area contributed by atoms with E-state index in [0.717, 1.165) is 24.5 Å². The molecular formula is C19H21N5O2. The number of nitrogens with zero attached hydrogens (tertiary/aromatic N) is 5. The summed E-state index contributed by atoms with van der Waals surface area (Å²) in [4.78, 5) is 38.4. The highest BCUT2D eigenvalue weighted by Crippen LogP contribution is 2.33. The standard InChI is InChI=1S/C19H21N5O2/c1-14(25)22-8-10-23(11-9-22)19(26)16-12-18(21-13-20-16)24-7-6-15-4-2-3-5-17(15)24/h2-5,12-13H,6-11H2,1H3. The van der Waals surface area contributed by atoms with Crippen molar-refractivity contribution in [3.63, 3.8) is 0 Å². The summed E-state index contributed by atoms with van der Waals surface area (Å²) in [6.07, 6.45) is 2.42. The summed E-state index contributed by atoms with van der Waals surface area (Å²) in [7, 11) is 0. The molecule has 0 spiro atoms. The first-order valence-electron chi connectivity index (χ1n) is 8.86. The van der Waals surface area contributed by atoms with E-state index in [2.05, 4.69) is 27.0 Å². The normalized spacial score (nSPS) is 16.6.